The van der Waals surface area contributed by atoms with E-state index in [2.05, 4.69) is 4.36 Å². The Balaban J connectivity index is 2.59. The first-order valence-corrected chi connectivity index (χ1v) is 6.35. The van der Waals surface area contributed by atoms with Gasteiger partial charge in [0, 0.05) is 28.8 Å². The Kier molecular flexibility index (Phi) is 3.48. The second kappa shape index (κ2) is 4.42. The fourth-order valence-corrected chi connectivity index (χ4v) is 1.84. The lowest BCUT2D eigenvalue weighted by Crippen LogP contribution is -2.05. The van der Waals surface area contributed by atoms with Crippen LogP contribution >= 0.6 is 0 Å². The molecule has 1 rings (SSSR count). The first-order valence-electron chi connectivity index (χ1n) is 4.26. The van der Waals surface area contributed by atoms with E-state index in [-0.39, 0.29) is 0 Å². The maximum atomic E-state index is 11.6. The van der Waals surface area contributed by atoms with Crippen molar-refractivity contribution in [3.63, 3.8) is 0 Å². The van der Waals surface area contributed by atoms with Crippen molar-refractivity contribution in [2.75, 3.05) is 19.1 Å². The minimum atomic E-state index is -1.94. The Morgan fingerprint density at radius 3 is 2.46 bits per heavy atom. The van der Waals surface area contributed by atoms with E-state index in [0.29, 0.717) is 5.75 Å². The molecule has 0 bridgehead atoms. The van der Waals surface area contributed by atoms with E-state index in [1.54, 1.807) is 13.3 Å². The Bertz CT molecular complexity index is 364. The van der Waals surface area contributed by atoms with Crippen LogP contribution in [0.15, 0.2) is 34.7 Å². The summed E-state index contributed by atoms with van der Waals surface area (Å²) in [5.41, 5.74) is 1.22. The van der Waals surface area contributed by atoms with Crippen molar-refractivity contribution >= 4 is 9.73 Å². The van der Waals surface area contributed by atoms with Crippen LogP contribution in [0.2, 0.25) is 0 Å². The molecular formula is C10H15NOS. The van der Waals surface area contributed by atoms with Gasteiger partial charge in [0.05, 0.1) is 0 Å². The zero-order valence-corrected chi connectivity index (χ0v) is 8.88. The minimum absolute atomic E-state index is 0.646. The van der Waals surface area contributed by atoms with Crippen molar-refractivity contribution in [3.8, 4) is 0 Å². The molecule has 2 nitrogen and oxygen atoms in total. The first kappa shape index (κ1) is 10.3. The van der Waals surface area contributed by atoms with Crippen LogP contribution in [0.3, 0.4) is 0 Å². The monoisotopic (exact) mass is 197 g/mol. The number of hydrogen-bond donors (Lipinski definition) is 0. The van der Waals surface area contributed by atoms with Crippen molar-refractivity contribution in [3.05, 3.63) is 35.9 Å². The Labute approximate surface area is 80.2 Å². The second-order valence-corrected chi connectivity index (χ2v) is 5.77. The molecule has 0 fully saturated rings. The van der Waals surface area contributed by atoms with Gasteiger partial charge in [0.25, 0.3) is 0 Å². The summed E-state index contributed by atoms with van der Waals surface area (Å²) in [5, 5.41) is 0. The molecule has 0 saturated carbocycles. The number of benzene rings is 1. The Hall–Kier alpha value is -0.830. The highest BCUT2D eigenvalue weighted by Gasteiger charge is 1.99. The third-order valence-electron chi connectivity index (χ3n) is 2.00. The summed E-state index contributed by atoms with van der Waals surface area (Å²) < 4.78 is 15.4. The summed E-state index contributed by atoms with van der Waals surface area (Å²) in [5.74, 6) is 0.646. The van der Waals surface area contributed by atoms with Crippen LogP contribution in [-0.4, -0.2) is 23.3 Å². The normalized spacial score (nSPS) is 14.9. The van der Waals surface area contributed by atoms with Gasteiger partial charge in [-0.25, -0.2) is 4.36 Å². The van der Waals surface area contributed by atoms with Crippen LogP contribution in [0, 0.1) is 0 Å². The summed E-state index contributed by atoms with van der Waals surface area (Å²) in [6, 6.07) is 10.1. The molecule has 1 atom stereocenters. The lowest BCUT2D eigenvalue weighted by atomic mass is 10.2. The fourth-order valence-electron chi connectivity index (χ4n) is 1.04. The van der Waals surface area contributed by atoms with Crippen LogP contribution in [0.1, 0.15) is 5.56 Å². The molecule has 0 spiro atoms. The smallest absolute Gasteiger partial charge is 0.0439 e. The molecule has 72 valence electrons. The molecule has 0 radical (unpaired) electrons. The average molecular weight is 197 g/mol. The third kappa shape index (κ3) is 3.59. The molecule has 13 heavy (non-hydrogen) atoms. The summed E-state index contributed by atoms with van der Waals surface area (Å²) in [4.78, 5) is 0. The fraction of sp³-hybridized carbons (Fsp3) is 0.400. The molecule has 1 aromatic rings. The van der Waals surface area contributed by atoms with Crippen LogP contribution in [-0.2, 0) is 16.1 Å². The molecule has 0 N–H and O–H groups in total. The molecule has 0 amide bonds. The van der Waals surface area contributed by atoms with E-state index in [1.165, 1.54) is 5.56 Å². The Morgan fingerprint density at radius 2 is 1.92 bits per heavy atom. The van der Waals surface area contributed by atoms with Gasteiger partial charge in [-0.3, -0.25) is 4.21 Å². The lowest BCUT2D eigenvalue weighted by molar-refractivity contribution is 0.679. The molecule has 0 saturated heterocycles. The van der Waals surface area contributed by atoms with E-state index in [1.807, 2.05) is 30.3 Å². The van der Waals surface area contributed by atoms with Crippen molar-refractivity contribution < 1.29 is 4.21 Å². The number of hydrogen-bond acceptors (Lipinski definition) is 2. The quantitative estimate of drug-likeness (QED) is 0.728. The van der Waals surface area contributed by atoms with E-state index < -0.39 is 9.73 Å². The number of nitrogens with zero attached hydrogens (tertiary/aromatic N) is 1. The second-order valence-electron chi connectivity index (χ2n) is 3.08. The summed E-state index contributed by atoms with van der Waals surface area (Å²) in [7, 11) is -0.324. The molecule has 3 heteroatoms. The van der Waals surface area contributed by atoms with E-state index >= 15 is 0 Å². The molecule has 0 heterocycles. The highest BCUT2D eigenvalue weighted by molar-refractivity contribution is 7.92. The molecule has 1 aromatic carbocycles. The van der Waals surface area contributed by atoms with Crippen LogP contribution < -0.4 is 0 Å². The molecule has 0 aliphatic carbocycles. The maximum absolute atomic E-state index is 11.6. The summed E-state index contributed by atoms with van der Waals surface area (Å²) >= 11 is 0. The van der Waals surface area contributed by atoms with Crippen LogP contribution in [0.5, 0.6) is 0 Å². The molecule has 1 unspecified atom stereocenters. The zero-order chi connectivity index (χ0) is 9.73. The third-order valence-corrected chi connectivity index (χ3v) is 3.73. The van der Waals surface area contributed by atoms with Crippen molar-refractivity contribution in [2.45, 2.75) is 6.42 Å². The van der Waals surface area contributed by atoms with E-state index in [4.69, 9.17) is 0 Å². The summed E-state index contributed by atoms with van der Waals surface area (Å²) in [6.45, 7) is 0. The molecule has 0 aliphatic heterocycles. The highest BCUT2D eigenvalue weighted by atomic mass is 32.2. The minimum Gasteiger partial charge on any atom is -0.250 e. The van der Waals surface area contributed by atoms with Gasteiger partial charge in [-0.1, -0.05) is 30.3 Å². The predicted molar refractivity (Wildman–Crippen MR) is 57.4 cm³/mol. The maximum Gasteiger partial charge on any atom is 0.0439 e. The summed E-state index contributed by atoms with van der Waals surface area (Å²) in [6.07, 6.45) is 2.55. The topological polar surface area (TPSA) is 29.4 Å². The standard InChI is InChI=1S/C10H15NOS/c1-11-13(2,12)9-8-10-6-4-3-5-7-10/h3-7H,8-9H2,1-2H3. The predicted octanol–water partition coefficient (Wildman–Crippen LogP) is 1.96. The van der Waals surface area contributed by atoms with Crippen LogP contribution in [0.25, 0.3) is 0 Å². The SMILES string of the molecule is CN=S(C)(=O)CCc1ccccc1. The van der Waals surface area contributed by atoms with Gasteiger partial charge in [-0.2, -0.15) is 0 Å². The van der Waals surface area contributed by atoms with Gasteiger partial charge in [-0.05, 0) is 12.0 Å². The van der Waals surface area contributed by atoms with Gasteiger partial charge in [0.2, 0.25) is 0 Å². The van der Waals surface area contributed by atoms with E-state index in [0.717, 1.165) is 6.42 Å². The number of rotatable bonds is 3. The first-order chi connectivity index (χ1) is 6.14. The number of aryl methyl sites for hydroxylation is 1. The van der Waals surface area contributed by atoms with Gasteiger partial charge in [0.15, 0.2) is 0 Å². The van der Waals surface area contributed by atoms with Gasteiger partial charge >= 0.3 is 0 Å². The molecule has 0 aromatic heterocycles. The van der Waals surface area contributed by atoms with Crippen molar-refractivity contribution in [1.29, 1.82) is 0 Å². The van der Waals surface area contributed by atoms with Crippen molar-refractivity contribution in [1.82, 2.24) is 0 Å². The lowest BCUT2D eigenvalue weighted by Gasteiger charge is -2.02. The largest absolute Gasteiger partial charge is 0.250 e. The van der Waals surface area contributed by atoms with Gasteiger partial charge in [0.1, 0.15) is 0 Å². The molecular weight excluding hydrogens is 182 g/mol. The van der Waals surface area contributed by atoms with Gasteiger partial charge < -0.3 is 0 Å². The highest BCUT2D eigenvalue weighted by Crippen LogP contribution is 2.02. The zero-order valence-electron chi connectivity index (χ0n) is 8.06. The average Bonchev–Trinajstić information content (AvgIpc) is 2.17. The molecule has 0 aliphatic rings. The Morgan fingerprint density at radius 1 is 1.31 bits per heavy atom. The van der Waals surface area contributed by atoms with E-state index in [9.17, 15) is 4.21 Å². The van der Waals surface area contributed by atoms with Crippen molar-refractivity contribution in [2.24, 2.45) is 4.36 Å². The van der Waals surface area contributed by atoms with Gasteiger partial charge in [-0.15, -0.1) is 0 Å². The van der Waals surface area contributed by atoms with Crippen LogP contribution in [0.4, 0.5) is 0 Å².